The van der Waals surface area contributed by atoms with E-state index in [1.165, 1.54) is 6.26 Å². The highest BCUT2D eigenvalue weighted by atomic mass is 32.2. The van der Waals surface area contributed by atoms with Crippen LogP contribution < -0.4 is 9.80 Å². The Kier molecular flexibility index (Phi) is 4.74. The fraction of sp³-hybridized carbons (Fsp3) is 0.375. The summed E-state index contributed by atoms with van der Waals surface area (Å²) >= 11 is 0. The van der Waals surface area contributed by atoms with Crippen LogP contribution in [0.25, 0.3) is 6.08 Å². The van der Waals surface area contributed by atoms with Gasteiger partial charge < -0.3 is 14.5 Å². The summed E-state index contributed by atoms with van der Waals surface area (Å²) < 4.78 is 30.4. The maximum Gasteiger partial charge on any atom is 0.328 e. The predicted molar refractivity (Wildman–Crippen MR) is 123 cm³/mol. The SMILES string of the molecule is C/C(=C\c1ccc(N(C)C)cc1)C12OC(=O)CN1c1ccc(S(C)(=O)=O)cc1C2(C)C. The second-order valence-corrected chi connectivity index (χ2v) is 11.1. The largest absolute Gasteiger partial charge is 0.433 e. The highest BCUT2D eigenvalue weighted by Crippen LogP contribution is 2.58. The number of hydrogen-bond donors (Lipinski definition) is 0. The van der Waals surface area contributed by atoms with E-state index in [9.17, 15) is 13.2 Å². The van der Waals surface area contributed by atoms with Crippen molar-refractivity contribution in [2.75, 3.05) is 36.7 Å². The Morgan fingerprint density at radius 3 is 2.35 bits per heavy atom. The van der Waals surface area contributed by atoms with Gasteiger partial charge in [-0.15, -0.1) is 0 Å². The fourth-order valence-corrected chi connectivity index (χ4v) is 5.53. The van der Waals surface area contributed by atoms with E-state index >= 15 is 0 Å². The summed E-state index contributed by atoms with van der Waals surface area (Å²) in [5, 5.41) is 0. The molecule has 0 saturated carbocycles. The van der Waals surface area contributed by atoms with Gasteiger partial charge in [-0.1, -0.05) is 18.2 Å². The number of fused-ring (bicyclic) bond motifs is 3. The molecule has 2 aromatic carbocycles. The molecule has 6 nitrogen and oxygen atoms in total. The molecule has 31 heavy (non-hydrogen) atoms. The summed E-state index contributed by atoms with van der Waals surface area (Å²) in [7, 11) is 0.634. The van der Waals surface area contributed by atoms with Gasteiger partial charge in [0, 0.05) is 31.7 Å². The molecule has 0 amide bonds. The van der Waals surface area contributed by atoms with E-state index in [0.717, 1.165) is 28.1 Å². The Morgan fingerprint density at radius 2 is 1.77 bits per heavy atom. The lowest BCUT2D eigenvalue weighted by Crippen LogP contribution is -2.54. The summed E-state index contributed by atoms with van der Waals surface area (Å²) in [6.07, 6.45) is 3.24. The molecule has 0 bridgehead atoms. The highest BCUT2D eigenvalue weighted by Gasteiger charge is 2.64. The zero-order valence-electron chi connectivity index (χ0n) is 18.8. The molecule has 2 heterocycles. The second-order valence-electron chi connectivity index (χ2n) is 9.09. The van der Waals surface area contributed by atoms with Crippen LogP contribution in [0.5, 0.6) is 0 Å². The number of benzene rings is 2. The first-order chi connectivity index (χ1) is 14.4. The molecule has 1 unspecified atom stereocenters. The Hall–Kier alpha value is -2.80. The van der Waals surface area contributed by atoms with Crippen LogP contribution in [0.1, 0.15) is 31.9 Å². The smallest absolute Gasteiger partial charge is 0.328 e. The number of hydrogen-bond acceptors (Lipinski definition) is 6. The molecular weight excluding hydrogens is 412 g/mol. The molecule has 0 radical (unpaired) electrons. The van der Waals surface area contributed by atoms with E-state index in [2.05, 4.69) is 0 Å². The molecule has 0 spiro atoms. The molecule has 2 aliphatic rings. The monoisotopic (exact) mass is 440 g/mol. The zero-order valence-corrected chi connectivity index (χ0v) is 19.6. The van der Waals surface area contributed by atoms with E-state index in [4.69, 9.17) is 4.74 Å². The molecule has 0 N–H and O–H groups in total. The first-order valence-corrected chi connectivity index (χ1v) is 12.1. The van der Waals surface area contributed by atoms with Crippen molar-refractivity contribution in [3.8, 4) is 0 Å². The summed E-state index contributed by atoms with van der Waals surface area (Å²) in [5.74, 6) is -0.290. The van der Waals surface area contributed by atoms with Gasteiger partial charge in [0.15, 0.2) is 9.84 Å². The summed E-state index contributed by atoms with van der Waals surface area (Å²) in [6, 6.07) is 13.3. The van der Waals surface area contributed by atoms with Gasteiger partial charge in [-0.25, -0.2) is 8.42 Å². The minimum absolute atomic E-state index is 0.124. The van der Waals surface area contributed by atoms with Gasteiger partial charge in [0.05, 0.1) is 10.3 Å². The summed E-state index contributed by atoms with van der Waals surface area (Å²) in [6.45, 7) is 6.10. The predicted octanol–water partition coefficient (Wildman–Crippen LogP) is 3.61. The van der Waals surface area contributed by atoms with E-state index in [1.807, 2.05) is 75.0 Å². The first-order valence-electron chi connectivity index (χ1n) is 10.2. The van der Waals surface area contributed by atoms with E-state index in [-0.39, 0.29) is 17.4 Å². The Labute approximate surface area is 184 Å². The van der Waals surface area contributed by atoms with Gasteiger partial charge in [0.2, 0.25) is 5.72 Å². The molecule has 4 rings (SSSR count). The average molecular weight is 441 g/mol. The van der Waals surface area contributed by atoms with Crippen molar-refractivity contribution in [2.24, 2.45) is 0 Å². The van der Waals surface area contributed by atoms with Crippen molar-refractivity contribution in [1.29, 1.82) is 0 Å². The normalized spacial score (nSPS) is 22.2. The fourth-order valence-electron chi connectivity index (χ4n) is 4.88. The maximum absolute atomic E-state index is 12.5. The van der Waals surface area contributed by atoms with E-state index < -0.39 is 21.0 Å². The Balaban J connectivity index is 1.85. The molecule has 1 saturated heterocycles. The summed E-state index contributed by atoms with van der Waals surface area (Å²) in [4.78, 5) is 16.7. The number of sulfone groups is 1. The molecule has 164 valence electrons. The molecule has 1 fully saturated rings. The van der Waals surface area contributed by atoms with Crippen molar-refractivity contribution in [1.82, 2.24) is 0 Å². The van der Waals surface area contributed by atoms with Gasteiger partial charge >= 0.3 is 5.97 Å². The lowest BCUT2D eigenvalue weighted by molar-refractivity contribution is -0.148. The number of nitrogens with zero attached hydrogens (tertiary/aromatic N) is 2. The van der Waals surface area contributed by atoms with Crippen LogP contribution in [-0.2, 0) is 24.8 Å². The third-order valence-corrected chi connectivity index (χ3v) is 7.57. The number of anilines is 2. The number of esters is 1. The average Bonchev–Trinajstić information content (AvgIpc) is 3.13. The zero-order chi connectivity index (χ0) is 22.8. The highest BCUT2D eigenvalue weighted by molar-refractivity contribution is 7.90. The number of carbonyl (C=O) groups excluding carboxylic acids is 1. The van der Waals surface area contributed by atoms with Crippen molar-refractivity contribution >= 4 is 33.3 Å². The minimum atomic E-state index is -3.35. The maximum atomic E-state index is 12.5. The molecule has 0 aliphatic carbocycles. The van der Waals surface area contributed by atoms with Crippen LogP contribution in [0, 0.1) is 0 Å². The van der Waals surface area contributed by atoms with Gasteiger partial charge in [-0.3, -0.25) is 4.79 Å². The van der Waals surface area contributed by atoms with Crippen LogP contribution in [0.3, 0.4) is 0 Å². The third kappa shape index (κ3) is 3.14. The van der Waals surface area contributed by atoms with E-state index in [0.29, 0.717) is 0 Å². The van der Waals surface area contributed by atoms with Gasteiger partial charge in [-0.05, 0) is 67.8 Å². The molecular formula is C24H28N2O4S. The molecule has 7 heteroatoms. The second kappa shape index (κ2) is 6.85. The van der Waals surface area contributed by atoms with Gasteiger partial charge in [0.25, 0.3) is 0 Å². The molecule has 0 aromatic heterocycles. The standard InChI is InChI=1S/C24H28N2O4S/c1-16(13-17-7-9-18(10-8-17)25(4)5)24-23(2,3)20-14-19(31(6,28)29)11-12-21(20)26(24)15-22(27)30-24/h7-14H,15H2,1-6H3/b16-13+. The van der Waals surface area contributed by atoms with Crippen molar-refractivity contribution < 1.29 is 17.9 Å². The van der Waals surface area contributed by atoms with Crippen molar-refractivity contribution in [3.05, 3.63) is 59.2 Å². The van der Waals surface area contributed by atoms with Crippen LogP contribution >= 0.6 is 0 Å². The minimum Gasteiger partial charge on any atom is -0.433 e. The van der Waals surface area contributed by atoms with Crippen LogP contribution in [0.2, 0.25) is 0 Å². The van der Waals surface area contributed by atoms with Crippen LogP contribution in [0.4, 0.5) is 11.4 Å². The molecule has 2 aliphatic heterocycles. The Morgan fingerprint density at radius 1 is 1.13 bits per heavy atom. The first kappa shape index (κ1) is 21.4. The number of carbonyl (C=O) groups is 1. The van der Waals surface area contributed by atoms with Crippen molar-refractivity contribution in [2.45, 2.75) is 36.8 Å². The topological polar surface area (TPSA) is 66.9 Å². The third-order valence-electron chi connectivity index (χ3n) is 6.46. The Bertz CT molecular complexity index is 1200. The van der Waals surface area contributed by atoms with E-state index in [1.54, 1.807) is 18.2 Å². The van der Waals surface area contributed by atoms with Crippen molar-refractivity contribution in [3.63, 3.8) is 0 Å². The number of rotatable bonds is 4. The lowest BCUT2D eigenvalue weighted by atomic mass is 9.74. The van der Waals surface area contributed by atoms with Crippen LogP contribution in [0.15, 0.2) is 52.9 Å². The summed E-state index contributed by atoms with van der Waals surface area (Å²) in [5.41, 5.74) is 3.02. The quantitative estimate of drug-likeness (QED) is 0.677. The van der Waals surface area contributed by atoms with Crippen LogP contribution in [-0.4, -0.2) is 47.0 Å². The van der Waals surface area contributed by atoms with Gasteiger partial charge in [0.1, 0.15) is 6.54 Å². The lowest BCUT2D eigenvalue weighted by Gasteiger charge is -2.42. The molecule has 2 aromatic rings. The number of ether oxygens (including phenoxy) is 1. The van der Waals surface area contributed by atoms with Gasteiger partial charge in [-0.2, -0.15) is 0 Å². The molecule has 1 atom stereocenters.